The van der Waals surface area contributed by atoms with Crippen LogP contribution in [-0.4, -0.2) is 6.18 Å². The molecule has 0 aliphatic carbocycles. The molecular formula is C15H16F3NS. The highest BCUT2D eigenvalue weighted by Crippen LogP contribution is 2.33. The van der Waals surface area contributed by atoms with E-state index in [-0.39, 0.29) is 12.1 Å². The number of benzene rings is 1. The number of rotatable bonds is 5. The van der Waals surface area contributed by atoms with E-state index in [1.807, 2.05) is 18.4 Å². The van der Waals surface area contributed by atoms with Crippen molar-refractivity contribution in [2.45, 2.75) is 32.1 Å². The minimum atomic E-state index is -4.30. The van der Waals surface area contributed by atoms with Crippen LogP contribution < -0.4 is 5.32 Å². The molecule has 0 fully saturated rings. The first-order chi connectivity index (χ1) is 9.52. The van der Waals surface area contributed by atoms with Crippen LogP contribution in [0.2, 0.25) is 0 Å². The summed E-state index contributed by atoms with van der Waals surface area (Å²) in [6.45, 7) is 2.24. The molecule has 1 nitrogen and oxygen atoms in total. The highest BCUT2D eigenvalue weighted by atomic mass is 32.1. The third kappa shape index (κ3) is 3.61. The summed E-state index contributed by atoms with van der Waals surface area (Å²) in [5, 5.41) is 4.56. The maximum Gasteiger partial charge on any atom is 0.407 e. The lowest BCUT2D eigenvalue weighted by Gasteiger charge is -2.22. The molecule has 0 amide bonds. The molecule has 108 valence electrons. The van der Waals surface area contributed by atoms with Crippen LogP contribution in [0, 0.1) is 0 Å². The van der Waals surface area contributed by atoms with Crippen LogP contribution in [0.25, 0.3) is 0 Å². The van der Waals surface area contributed by atoms with E-state index in [0.717, 1.165) is 16.9 Å². The fourth-order valence-corrected chi connectivity index (χ4v) is 3.03. The first kappa shape index (κ1) is 15.1. The van der Waals surface area contributed by atoms with E-state index in [1.54, 1.807) is 18.2 Å². The second-order valence-electron chi connectivity index (χ2n) is 4.49. The smallest absolute Gasteiger partial charge is 0.298 e. The molecule has 1 heterocycles. The Kier molecular flexibility index (Phi) is 4.83. The zero-order valence-corrected chi connectivity index (χ0v) is 11.9. The van der Waals surface area contributed by atoms with E-state index in [0.29, 0.717) is 0 Å². The van der Waals surface area contributed by atoms with Crippen molar-refractivity contribution in [3.8, 4) is 0 Å². The minimum Gasteiger partial charge on any atom is -0.298 e. The molecule has 5 heteroatoms. The standard InChI is InChI=1S/C15H16F3NS/c1-2-11-8-9-20-13(11)10-19-14(15(16,17)18)12-6-4-3-5-7-12/h3-9,14,19H,2,10H2,1H3. The fraction of sp³-hybridized carbons (Fsp3) is 0.333. The summed E-state index contributed by atoms with van der Waals surface area (Å²) in [7, 11) is 0. The van der Waals surface area contributed by atoms with Crippen molar-refractivity contribution in [1.82, 2.24) is 5.32 Å². The Hall–Kier alpha value is -1.33. The number of halogens is 3. The molecule has 0 saturated heterocycles. The lowest BCUT2D eigenvalue weighted by atomic mass is 10.1. The third-order valence-corrected chi connectivity index (χ3v) is 4.11. The van der Waals surface area contributed by atoms with Gasteiger partial charge in [0, 0.05) is 11.4 Å². The Labute approximate surface area is 120 Å². The number of hydrogen-bond acceptors (Lipinski definition) is 2. The van der Waals surface area contributed by atoms with Crippen LogP contribution in [0.1, 0.15) is 29.0 Å². The summed E-state index contributed by atoms with van der Waals surface area (Å²) < 4.78 is 39.5. The molecule has 0 bridgehead atoms. The van der Waals surface area contributed by atoms with Crippen molar-refractivity contribution in [3.63, 3.8) is 0 Å². The van der Waals surface area contributed by atoms with Gasteiger partial charge in [-0.3, -0.25) is 5.32 Å². The van der Waals surface area contributed by atoms with Crippen LogP contribution in [-0.2, 0) is 13.0 Å². The van der Waals surface area contributed by atoms with Crippen molar-refractivity contribution in [2.75, 3.05) is 0 Å². The number of nitrogens with one attached hydrogen (secondary N) is 1. The topological polar surface area (TPSA) is 12.0 Å². The van der Waals surface area contributed by atoms with E-state index >= 15 is 0 Å². The predicted octanol–water partition coefficient (Wildman–Crippen LogP) is 4.70. The van der Waals surface area contributed by atoms with Crippen LogP contribution in [0.15, 0.2) is 41.8 Å². The molecule has 0 spiro atoms. The van der Waals surface area contributed by atoms with E-state index in [9.17, 15) is 13.2 Å². The van der Waals surface area contributed by atoms with E-state index in [1.165, 1.54) is 23.5 Å². The van der Waals surface area contributed by atoms with Crippen LogP contribution >= 0.6 is 11.3 Å². The second-order valence-corrected chi connectivity index (χ2v) is 5.49. The molecule has 1 atom stereocenters. The molecule has 0 radical (unpaired) electrons. The van der Waals surface area contributed by atoms with Crippen LogP contribution in [0.5, 0.6) is 0 Å². The maximum absolute atomic E-state index is 13.2. The van der Waals surface area contributed by atoms with E-state index in [2.05, 4.69) is 5.32 Å². The number of aryl methyl sites for hydroxylation is 1. The zero-order chi connectivity index (χ0) is 14.6. The molecule has 20 heavy (non-hydrogen) atoms. The molecule has 1 unspecified atom stereocenters. The highest BCUT2D eigenvalue weighted by Gasteiger charge is 2.40. The van der Waals surface area contributed by atoms with Gasteiger partial charge in [-0.25, -0.2) is 0 Å². The van der Waals surface area contributed by atoms with Crippen LogP contribution in [0.4, 0.5) is 13.2 Å². The molecule has 1 aromatic heterocycles. The molecule has 0 saturated carbocycles. The summed E-state index contributed by atoms with van der Waals surface area (Å²) >= 11 is 1.49. The largest absolute Gasteiger partial charge is 0.407 e. The summed E-state index contributed by atoms with van der Waals surface area (Å²) in [5.41, 5.74) is 1.35. The van der Waals surface area contributed by atoms with Gasteiger partial charge in [0.25, 0.3) is 0 Å². The van der Waals surface area contributed by atoms with Crippen molar-refractivity contribution in [2.24, 2.45) is 0 Å². The van der Waals surface area contributed by atoms with Crippen molar-refractivity contribution in [1.29, 1.82) is 0 Å². The SMILES string of the molecule is CCc1ccsc1CNC(c1ccccc1)C(F)(F)F. The normalized spacial score (nSPS) is 13.4. The monoisotopic (exact) mass is 299 g/mol. The van der Waals surface area contributed by atoms with Crippen LogP contribution in [0.3, 0.4) is 0 Å². The van der Waals surface area contributed by atoms with E-state index in [4.69, 9.17) is 0 Å². The van der Waals surface area contributed by atoms with Gasteiger partial charge in [0.15, 0.2) is 0 Å². The summed E-state index contributed by atoms with van der Waals surface area (Å²) in [6.07, 6.45) is -3.46. The van der Waals surface area contributed by atoms with Gasteiger partial charge in [-0.05, 0) is 29.0 Å². The molecular weight excluding hydrogens is 283 g/mol. The third-order valence-electron chi connectivity index (χ3n) is 3.15. The lowest BCUT2D eigenvalue weighted by Crippen LogP contribution is -2.33. The summed E-state index contributed by atoms with van der Waals surface area (Å²) in [4.78, 5) is 0.970. The van der Waals surface area contributed by atoms with Crippen molar-refractivity contribution >= 4 is 11.3 Å². The van der Waals surface area contributed by atoms with Gasteiger partial charge in [0.1, 0.15) is 6.04 Å². The van der Waals surface area contributed by atoms with Crippen molar-refractivity contribution in [3.05, 3.63) is 57.8 Å². The fourth-order valence-electron chi connectivity index (χ4n) is 2.10. The number of hydrogen-bond donors (Lipinski definition) is 1. The van der Waals surface area contributed by atoms with Gasteiger partial charge in [-0.15, -0.1) is 11.3 Å². The van der Waals surface area contributed by atoms with Gasteiger partial charge in [-0.1, -0.05) is 37.3 Å². The lowest BCUT2D eigenvalue weighted by molar-refractivity contribution is -0.158. The average Bonchev–Trinajstić information content (AvgIpc) is 2.86. The molecule has 0 aliphatic rings. The minimum absolute atomic E-state index is 0.236. The molecule has 1 aromatic carbocycles. The predicted molar refractivity (Wildman–Crippen MR) is 75.8 cm³/mol. The van der Waals surface area contributed by atoms with Gasteiger partial charge in [0.2, 0.25) is 0 Å². The average molecular weight is 299 g/mol. The highest BCUT2D eigenvalue weighted by molar-refractivity contribution is 7.10. The first-order valence-electron chi connectivity index (χ1n) is 6.42. The number of thiophene rings is 1. The molecule has 0 aliphatic heterocycles. The Morgan fingerprint density at radius 2 is 1.85 bits per heavy atom. The first-order valence-corrected chi connectivity index (χ1v) is 7.30. The summed E-state index contributed by atoms with van der Waals surface area (Å²) in [6, 6.07) is 8.30. The molecule has 2 aromatic rings. The Morgan fingerprint density at radius 3 is 2.45 bits per heavy atom. The zero-order valence-electron chi connectivity index (χ0n) is 11.1. The molecule has 2 rings (SSSR count). The van der Waals surface area contributed by atoms with Gasteiger partial charge in [0.05, 0.1) is 0 Å². The Bertz CT molecular complexity index is 534. The quantitative estimate of drug-likeness (QED) is 0.843. The van der Waals surface area contributed by atoms with Gasteiger partial charge in [-0.2, -0.15) is 13.2 Å². The van der Waals surface area contributed by atoms with Crippen molar-refractivity contribution < 1.29 is 13.2 Å². The second kappa shape index (κ2) is 6.41. The van der Waals surface area contributed by atoms with Gasteiger partial charge >= 0.3 is 6.18 Å². The maximum atomic E-state index is 13.2. The van der Waals surface area contributed by atoms with E-state index < -0.39 is 12.2 Å². The van der Waals surface area contributed by atoms with Gasteiger partial charge < -0.3 is 0 Å². The Balaban J connectivity index is 2.14. The Morgan fingerprint density at radius 1 is 1.15 bits per heavy atom. The molecule has 1 N–H and O–H groups in total. The summed E-state index contributed by atoms with van der Waals surface area (Å²) in [5.74, 6) is 0. The number of alkyl halides is 3.